The first-order chi connectivity index (χ1) is 16.3. The number of hydrogen-bond acceptors (Lipinski definition) is 3. The number of aromatic nitrogens is 1. The molecule has 0 aliphatic carbocycles. The highest BCUT2D eigenvalue weighted by atomic mass is 35.5. The molecular weight excluding hydrogens is 450 g/mol. The summed E-state index contributed by atoms with van der Waals surface area (Å²) in [4.78, 5) is 24.3. The maximum atomic E-state index is 13.3. The number of fused-ring (bicyclic) bond motifs is 1. The highest BCUT2D eigenvalue weighted by Gasteiger charge is 2.23. The first-order valence-electron chi connectivity index (χ1n) is 11.9. The van der Waals surface area contributed by atoms with Crippen molar-refractivity contribution in [3.8, 4) is 5.75 Å². The van der Waals surface area contributed by atoms with Crippen molar-refractivity contribution in [3.63, 3.8) is 0 Å². The number of unbranched alkanes of at least 4 members (excludes halogenated alkanes) is 3. The molecule has 1 heterocycles. The normalized spacial score (nSPS) is 12.1. The largest absolute Gasteiger partial charge is 0.497 e. The Bertz CT molecular complexity index is 1150. The van der Waals surface area contributed by atoms with Crippen LogP contribution >= 0.6 is 11.6 Å². The van der Waals surface area contributed by atoms with Gasteiger partial charge >= 0.3 is 5.97 Å². The molecule has 0 aliphatic heterocycles. The lowest BCUT2D eigenvalue weighted by Crippen LogP contribution is -2.12. The maximum Gasteiger partial charge on any atom is 0.303 e. The molecule has 1 aromatic heterocycles. The number of ketones is 1. The molecule has 0 spiro atoms. The third kappa shape index (κ3) is 6.63. The summed E-state index contributed by atoms with van der Waals surface area (Å²) in [5, 5.41) is 10.5. The number of rotatable bonds is 13. The monoisotopic (exact) mass is 483 g/mol. The van der Waals surface area contributed by atoms with Crippen molar-refractivity contribution in [1.29, 1.82) is 0 Å². The van der Waals surface area contributed by atoms with Gasteiger partial charge in [-0.3, -0.25) is 9.59 Å². The van der Waals surface area contributed by atoms with Crippen molar-refractivity contribution in [2.45, 2.75) is 58.3 Å². The number of methoxy groups -OCH3 is 1. The summed E-state index contributed by atoms with van der Waals surface area (Å²) >= 11 is 6.26. The van der Waals surface area contributed by atoms with E-state index in [0.29, 0.717) is 10.6 Å². The van der Waals surface area contributed by atoms with E-state index in [4.69, 9.17) is 21.4 Å². The topological polar surface area (TPSA) is 68.5 Å². The van der Waals surface area contributed by atoms with Crippen LogP contribution in [-0.4, -0.2) is 28.5 Å². The molecule has 1 unspecified atom stereocenters. The van der Waals surface area contributed by atoms with E-state index >= 15 is 0 Å². The van der Waals surface area contributed by atoms with Crippen LogP contribution in [0.5, 0.6) is 5.75 Å². The quantitative estimate of drug-likeness (QED) is 0.213. The number of carboxylic acid groups (broad SMARTS) is 1. The van der Waals surface area contributed by atoms with Crippen LogP contribution in [0.3, 0.4) is 0 Å². The fourth-order valence-electron chi connectivity index (χ4n) is 4.67. The lowest BCUT2D eigenvalue weighted by atomic mass is 9.94. The van der Waals surface area contributed by atoms with Crippen molar-refractivity contribution in [2.24, 2.45) is 13.0 Å². The predicted octanol–water partition coefficient (Wildman–Crippen LogP) is 6.87. The first-order valence-corrected chi connectivity index (χ1v) is 12.3. The molecule has 0 aliphatic rings. The van der Waals surface area contributed by atoms with Gasteiger partial charge in [0.05, 0.1) is 7.11 Å². The number of aliphatic carboxylic acids is 1. The van der Waals surface area contributed by atoms with Gasteiger partial charge in [0.25, 0.3) is 0 Å². The zero-order valence-electron chi connectivity index (χ0n) is 20.3. The van der Waals surface area contributed by atoms with Crippen LogP contribution in [0.15, 0.2) is 42.5 Å². The van der Waals surface area contributed by atoms with Gasteiger partial charge in [0.1, 0.15) is 5.75 Å². The third-order valence-electron chi connectivity index (χ3n) is 6.38. The second-order valence-corrected chi connectivity index (χ2v) is 9.57. The number of carbonyl (C=O) groups excluding carboxylic acids is 1. The highest BCUT2D eigenvalue weighted by molar-refractivity contribution is 6.31. The fourth-order valence-corrected chi connectivity index (χ4v) is 4.84. The molecule has 0 saturated heterocycles. The van der Waals surface area contributed by atoms with Crippen molar-refractivity contribution in [3.05, 3.63) is 64.3 Å². The van der Waals surface area contributed by atoms with Crippen LogP contribution in [0.25, 0.3) is 10.9 Å². The average molecular weight is 484 g/mol. The Morgan fingerprint density at radius 1 is 1.03 bits per heavy atom. The number of aryl methyl sites for hydroxylation is 2. The minimum Gasteiger partial charge on any atom is -0.497 e. The molecular formula is C28H34ClNO4. The molecule has 0 fully saturated rings. The molecule has 3 rings (SSSR count). The smallest absolute Gasteiger partial charge is 0.303 e. The number of nitrogens with zero attached hydrogens (tertiary/aromatic N) is 1. The van der Waals surface area contributed by atoms with Crippen LogP contribution in [0.4, 0.5) is 0 Å². The SMILES string of the molecule is COc1cccc(CCCCCCc2c(C(=O)CC(C)CC(=O)O)c3cc(Cl)ccc3n2C)c1. The van der Waals surface area contributed by atoms with E-state index in [0.717, 1.165) is 60.9 Å². The summed E-state index contributed by atoms with van der Waals surface area (Å²) in [5.74, 6) is -0.211. The van der Waals surface area contributed by atoms with Gasteiger partial charge in [-0.2, -0.15) is 0 Å². The van der Waals surface area contributed by atoms with E-state index in [1.54, 1.807) is 7.11 Å². The van der Waals surface area contributed by atoms with Gasteiger partial charge in [-0.25, -0.2) is 0 Å². The van der Waals surface area contributed by atoms with E-state index in [9.17, 15) is 9.59 Å². The van der Waals surface area contributed by atoms with Crippen LogP contribution < -0.4 is 4.74 Å². The molecule has 0 amide bonds. The van der Waals surface area contributed by atoms with E-state index in [2.05, 4.69) is 16.7 Å². The molecule has 2 aromatic carbocycles. The number of ether oxygens (including phenoxy) is 1. The Kier molecular flexibility index (Phi) is 9.17. The Morgan fingerprint density at radius 3 is 2.47 bits per heavy atom. The van der Waals surface area contributed by atoms with Crippen LogP contribution in [0.1, 0.15) is 67.1 Å². The molecule has 1 N–H and O–H groups in total. The van der Waals surface area contributed by atoms with Gasteiger partial charge < -0.3 is 14.4 Å². The Labute approximate surface area is 206 Å². The zero-order chi connectivity index (χ0) is 24.7. The number of Topliss-reactive ketones (excluding diaryl/α,β-unsaturated/α-hetero) is 1. The molecule has 0 saturated carbocycles. The molecule has 1 atom stereocenters. The average Bonchev–Trinajstić information content (AvgIpc) is 3.06. The minimum absolute atomic E-state index is 0.00496. The number of carboxylic acids is 1. The van der Waals surface area contributed by atoms with Gasteiger partial charge in [-0.1, -0.05) is 43.5 Å². The van der Waals surface area contributed by atoms with Crippen LogP contribution in [0, 0.1) is 5.92 Å². The first kappa shape index (κ1) is 25.8. The summed E-state index contributed by atoms with van der Waals surface area (Å²) in [5.41, 5.74) is 3.98. The van der Waals surface area contributed by atoms with Crippen molar-refractivity contribution in [1.82, 2.24) is 4.57 Å². The molecule has 6 heteroatoms. The maximum absolute atomic E-state index is 13.3. The van der Waals surface area contributed by atoms with Gasteiger partial charge in [-0.15, -0.1) is 0 Å². The Balaban J connectivity index is 1.66. The number of halogens is 1. The Hall–Kier alpha value is -2.79. The molecule has 3 aromatic rings. The van der Waals surface area contributed by atoms with Gasteiger partial charge in [0, 0.05) is 47.1 Å². The van der Waals surface area contributed by atoms with Gasteiger partial charge in [-0.05, 0) is 67.5 Å². The van der Waals surface area contributed by atoms with E-state index in [1.807, 2.05) is 44.3 Å². The summed E-state index contributed by atoms with van der Waals surface area (Å²) in [6.07, 6.45) is 6.31. The van der Waals surface area contributed by atoms with Crippen molar-refractivity contribution < 1.29 is 19.4 Å². The van der Waals surface area contributed by atoms with Crippen molar-refractivity contribution in [2.75, 3.05) is 7.11 Å². The van der Waals surface area contributed by atoms with Gasteiger partial charge in [0.2, 0.25) is 0 Å². The van der Waals surface area contributed by atoms with Crippen molar-refractivity contribution >= 4 is 34.3 Å². The van der Waals surface area contributed by atoms with Crippen LogP contribution in [0.2, 0.25) is 5.02 Å². The number of hydrogen-bond donors (Lipinski definition) is 1. The second kappa shape index (κ2) is 12.1. The minimum atomic E-state index is -0.879. The molecule has 34 heavy (non-hydrogen) atoms. The van der Waals surface area contributed by atoms with Gasteiger partial charge in [0.15, 0.2) is 5.78 Å². The molecule has 5 nitrogen and oxygen atoms in total. The molecule has 0 radical (unpaired) electrons. The fraction of sp³-hybridized carbons (Fsp3) is 0.429. The molecule has 182 valence electrons. The van der Waals surface area contributed by atoms with Crippen LogP contribution in [-0.2, 0) is 24.7 Å². The molecule has 0 bridgehead atoms. The lowest BCUT2D eigenvalue weighted by molar-refractivity contribution is -0.137. The zero-order valence-corrected chi connectivity index (χ0v) is 21.0. The summed E-state index contributed by atoms with van der Waals surface area (Å²) < 4.78 is 7.39. The third-order valence-corrected chi connectivity index (χ3v) is 6.62. The summed E-state index contributed by atoms with van der Waals surface area (Å²) in [6.45, 7) is 1.81. The Morgan fingerprint density at radius 2 is 1.76 bits per heavy atom. The number of benzene rings is 2. The summed E-state index contributed by atoms with van der Waals surface area (Å²) in [6, 6.07) is 13.8. The highest BCUT2D eigenvalue weighted by Crippen LogP contribution is 2.31. The lowest BCUT2D eigenvalue weighted by Gasteiger charge is -2.11. The van der Waals surface area contributed by atoms with E-state index in [1.165, 1.54) is 5.56 Å². The standard InChI is InChI=1S/C28H34ClNO4/c1-19(16-27(32)33)15-26(31)28-23-18-21(29)13-14-24(23)30(2)25(28)12-7-5-4-6-9-20-10-8-11-22(17-20)34-3/h8,10-11,13-14,17-19H,4-7,9,12,15-16H2,1-3H3,(H,32,33). The van der Waals surface area contributed by atoms with E-state index in [-0.39, 0.29) is 24.5 Å². The second-order valence-electron chi connectivity index (χ2n) is 9.14. The van der Waals surface area contributed by atoms with E-state index < -0.39 is 5.97 Å². The summed E-state index contributed by atoms with van der Waals surface area (Å²) in [7, 11) is 3.68. The predicted molar refractivity (Wildman–Crippen MR) is 137 cm³/mol. The number of carbonyl (C=O) groups is 2.